The molecule has 0 saturated carbocycles. The largest absolute Gasteiger partial charge is 0.449 e. The number of carbonyl (C=O) groups excluding carboxylic acids is 2. The van der Waals surface area contributed by atoms with Gasteiger partial charge in [-0.05, 0) is 28.3 Å². The fourth-order valence-corrected chi connectivity index (χ4v) is 4.47. The topological polar surface area (TPSA) is 125 Å². The predicted molar refractivity (Wildman–Crippen MR) is 126 cm³/mol. The van der Waals surface area contributed by atoms with Crippen LogP contribution in [0.3, 0.4) is 0 Å². The first-order valence-electron chi connectivity index (χ1n) is 10.9. The van der Waals surface area contributed by atoms with E-state index in [4.69, 9.17) is 4.74 Å². The number of alkyl carbamates (subject to hydrolysis) is 1. The van der Waals surface area contributed by atoms with E-state index >= 15 is 0 Å². The van der Waals surface area contributed by atoms with Gasteiger partial charge in [0.2, 0.25) is 0 Å². The second-order valence-corrected chi connectivity index (χ2v) is 8.25. The lowest BCUT2D eigenvalue weighted by Crippen LogP contribution is -2.36. The van der Waals surface area contributed by atoms with Gasteiger partial charge >= 0.3 is 6.09 Å². The minimum Gasteiger partial charge on any atom is -0.449 e. The van der Waals surface area contributed by atoms with Crippen LogP contribution in [0.1, 0.15) is 39.1 Å². The van der Waals surface area contributed by atoms with E-state index in [1.807, 2.05) is 36.4 Å². The third-order valence-electron chi connectivity index (χ3n) is 6.22. The summed E-state index contributed by atoms with van der Waals surface area (Å²) in [6.45, 7) is -0.0649. The Labute approximate surface area is 195 Å². The quantitative estimate of drug-likeness (QED) is 0.316. The van der Waals surface area contributed by atoms with E-state index in [-0.39, 0.29) is 19.1 Å². The number of hydrogen-bond acceptors (Lipinski definition) is 6. The van der Waals surface area contributed by atoms with Gasteiger partial charge in [-0.25, -0.2) is 9.78 Å². The van der Waals surface area contributed by atoms with Crippen molar-refractivity contribution in [1.29, 1.82) is 0 Å². The second kappa shape index (κ2) is 9.09. The number of aliphatic hydroxyl groups is 2. The van der Waals surface area contributed by atoms with Gasteiger partial charge in [0.1, 0.15) is 24.5 Å². The number of ether oxygens (including phenoxy) is 1. The maximum atomic E-state index is 12.3. The van der Waals surface area contributed by atoms with Crippen LogP contribution < -0.4 is 5.32 Å². The third kappa shape index (κ3) is 3.93. The first-order valence-corrected chi connectivity index (χ1v) is 10.9. The van der Waals surface area contributed by atoms with Crippen molar-refractivity contribution in [2.75, 3.05) is 13.2 Å². The van der Waals surface area contributed by atoms with Gasteiger partial charge in [0.05, 0.1) is 0 Å². The van der Waals surface area contributed by atoms with Gasteiger partial charge in [-0.15, -0.1) is 0 Å². The molecular formula is C26H23N3O5. The molecule has 8 heteroatoms. The van der Waals surface area contributed by atoms with Gasteiger partial charge in [0.25, 0.3) is 0 Å². The fourth-order valence-electron chi connectivity index (χ4n) is 4.47. The molecule has 2 aromatic carbocycles. The number of aromatic nitrogens is 2. The average molecular weight is 457 g/mol. The Morgan fingerprint density at radius 1 is 1.12 bits per heavy atom. The standard InChI is InChI=1S/C26H23N3O5/c30-13-16-11-28-25-21(16)9-15(10-27-25)24(32)23(31)12-29-26(33)34-14-22-19-7-3-1-5-17(19)18-6-2-4-8-20(18)22/h1-11,13,22-24,31-32H,12,14H2,(H,27,28)(H,29,33). The number of amides is 1. The summed E-state index contributed by atoms with van der Waals surface area (Å²) in [5.74, 6) is -0.0696. The summed E-state index contributed by atoms with van der Waals surface area (Å²) >= 11 is 0. The van der Waals surface area contributed by atoms with Crippen molar-refractivity contribution in [2.45, 2.75) is 18.1 Å². The highest BCUT2D eigenvalue weighted by atomic mass is 16.5. The van der Waals surface area contributed by atoms with Gasteiger partial charge in [-0.1, -0.05) is 48.5 Å². The SMILES string of the molecule is O=Cc1c[nH]c2ncc(C(O)C(O)CNC(=O)OCC3c4ccccc4-c4ccccc43)cc12. The van der Waals surface area contributed by atoms with E-state index in [1.165, 1.54) is 12.4 Å². The maximum absolute atomic E-state index is 12.3. The third-order valence-corrected chi connectivity index (χ3v) is 6.22. The molecule has 172 valence electrons. The molecule has 1 aliphatic carbocycles. The number of aliphatic hydroxyl groups excluding tert-OH is 2. The van der Waals surface area contributed by atoms with Crippen LogP contribution in [-0.2, 0) is 4.74 Å². The number of fused-ring (bicyclic) bond motifs is 4. The van der Waals surface area contributed by atoms with Crippen LogP contribution in [-0.4, -0.2) is 51.8 Å². The number of H-pyrrole nitrogens is 1. The smallest absolute Gasteiger partial charge is 0.407 e. The minimum absolute atomic E-state index is 0.0696. The molecule has 0 radical (unpaired) electrons. The van der Waals surface area contributed by atoms with Crippen molar-refractivity contribution in [3.63, 3.8) is 0 Å². The predicted octanol–water partition coefficient (Wildman–Crippen LogP) is 3.31. The molecule has 4 N–H and O–H groups in total. The van der Waals surface area contributed by atoms with E-state index in [1.54, 1.807) is 6.07 Å². The van der Waals surface area contributed by atoms with E-state index in [0.717, 1.165) is 22.3 Å². The number of aldehydes is 1. The number of rotatable bonds is 7. The van der Waals surface area contributed by atoms with E-state index in [9.17, 15) is 19.8 Å². The molecule has 4 aromatic rings. The van der Waals surface area contributed by atoms with Crippen LogP contribution in [0.4, 0.5) is 4.79 Å². The minimum atomic E-state index is -1.31. The highest BCUT2D eigenvalue weighted by Gasteiger charge is 2.29. The number of nitrogens with zero attached hydrogens (tertiary/aromatic N) is 1. The first-order chi connectivity index (χ1) is 16.6. The number of nitrogens with one attached hydrogen (secondary N) is 2. The van der Waals surface area contributed by atoms with Crippen LogP contribution in [0.15, 0.2) is 67.0 Å². The molecule has 0 saturated heterocycles. The normalized spacial score (nSPS) is 14.3. The summed E-state index contributed by atoms with van der Waals surface area (Å²) in [7, 11) is 0. The first kappa shape index (κ1) is 21.8. The van der Waals surface area contributed by atoms with Crippen LogP contribution in [0.2, 0.25) is 0 Å². The molecule has 2 unspecified atom stereocenters. The molecule has 2 aromatic heterocycles. The zero-order valence-corrected chi connectivity index (χ0v) is 18.1. The molecule has 5 rings (SSSR count). The van der Waals surface area contributed by atoms with Gasteiger partial charge in [0.15, 0.2) is 6.29 Å². The summed E-state index contributed by atoms with van der Waals surface area (Å²) < 4.78 is 5.45. The van der Waals surface area contributed by atoms with Crippen molar-refractivity contribution >= 4 is 23.4 Å². The van der Waals surface area contributed by atoms with Crippen LogP contribution in [0.5, 0.6) is 0 Å². The highest BCUT2D eigenvalue weighted by molar-refractivity contribution is 5.95. The second-order valence-electron chi connectivity index (χ2n) is 8.25. The summed E-state index contributed by atoms with van der Waals surface area (Å²) in [6, 6.07) is 17.7. The monoisotopic (exact) mass is 457 g/mol. The van der Waals surface area contributed by atoms with Crippen LogP contribution >= 0.6 is 0 Å². The van der Waals surface area contributed by atoms with E-state index in [2.05, 4.69) is 27.4 Å². The Bertz CT molecular complexity index is 1320. The molecule has 0 spiro atoms. The Kier molecular flexibility index (Phi) is 5.83. The number of benzene rings is 2. The van der Waals surface area contributed by atoms with Crippen molar-refractivity contribution in [1.82, 2.24) is 15.3 Å². The molecule has 0 aliphatic heterocycles. The number of pyridine rings is 1. The molecule has 2 atom stereocenters. The van der Waals surface area contributed by atoms with E-state index < -0.39 is 18.3 Å². The van der Waals surface area contributed by atoms with Gasteiger partial charge < -0.3 is 25.3 Å². The van der Waals surface area contributed by atoms with Crippen LogP contribution in [0.25, 0.3) is 22.2 Å². The molecule has 1 aliphatic rings. The van der Waals surface area contributed by atoms with Gasteiger partial charge in [0, 0.05) is 41.4 Å². The lowest BCUT2D eigenvalue weighted by atomic mass is 9.98. The number of carbonyl (C=O) groups is 2. The molecule has 8 nitrogen and oxygen atoms in total. The molecule has 0 fully saturated rings. The molecule has 1 amide bonds. The molecule has 34 heavy (non-hydrogen) atoms. The number of aromatic amines is 1. The molecular weight excluding hydrogens is 434 g/mol. The van der Waals surface area contributed by atoms with Crippen molar-refractivity contribution in [3.05, 3.63) is 89.2 Å². The lowest BCUT2D eigenvalue weighted by molar-refractivity contribution is 0.0184. The summed E-state index contributed by atoms with van der Waals surface area (Å²) in [6.07, 6.45) is 0.338. The van der Waals surface area contributed by atoms with Crippen molar-refractivity contribution in [3.8, 4) is 11.1 Å². The van der Waals surface area contributed by atoms with Crippen molar-refractivity contribution in [2.24, 2.45) is 0 Å². The zero-order valence-electron chi connectivity index (χ0n) is 18.1. The van der Waals surface area contributed by atoms with Crippen LogP contribution in [0, 0.1) is 0 Å². The van der Waals surface area contributed by atoms with Gasteiger partial charge in [-0.2, -0.15) is 0 Å². The van der Waals surface area contributed by atoms with E-state index in [0.29, 0.717) is 28.4 Å². The van der Waals surface area contributed by atoms with Gasteiger partial charge in [-0.3, -0.25) is 4.79 Å². The Morgan fingerprint density at radius 2 is 1.79 bits per heavy atom. The summed E-state index contributed by atoms with van der Waals surface area (Å²) in [4.78, 5) is 30.5. The Balaban J connectivity index is 1.19. The maximum Gasteiger partial charge on any atom is 0.407 e. The average Bonchev–Trinajstić information content (AvgIpc) is 3.43. The molecule has 2 heterocycles. The zero-order chi connectivity index (χ0) is 23.7. The number of hydrogen-bond donors (Lipinski definition) is 4. The Hall–Kier alpha value is -4.01. The fraction of sp³-hybridized carbons (Fsp3) is 0.192. The molecule has 0 bridgehead atoms. The highest BCUT2D eigenvalue weighted by Crippen LogP contribution is 2.44. The lowest BCUT2D eigenvalue weighted by Gasteiger charge is -2.19. The Morgan fingerprint density at radius 3 is 2.47 bits per heavy atom. The summed E-state index contributed by atoms with van der Waals surface area (Å²) in [5, 5.41) is 23.9. The summed E-state index contributed by atoms with van der Waals surface area (Å²) in [5.41, 5.74) is 5.72. The van der Waals surface area contributed by atoms with Crippen molar-refractivity contribution < 1.29 is 24.5 Å².